The first-order chi connectivity index (χ1) is 12.9. The maximum Gasteiger partial charge on any atom is 0.311 e. The lowest BCUT2D eigenvalue weighted by Gasteiger charge is -2.17. The highest BCUT2D eigenvalue weighted by Gasteiger charge is 2.20. The molecule has 27 heavy (non-hydrogen) atoms. The summed E-state index contributed by atoms with van der Waals surface area (Å²) in [5, 5.41) is 3.10. The van der Waals surface area contributed by atoms with Gasteiger partial charge in [-0.05, 0) is 55.4 Å². The lowest BCUT2D eigenvalue weighted by atomic mass is 9.90. The fourth-order valence-electron chi connectivity index (χ4n) is 3.08. The highest BCUT2D eigenvalue weighted by Crippen LogP contribution is 2.24. The summed E-state index contributed by atoms with van der Waals surface area (Å²) in [6, 6.07) is 7.57. The third-order valence-electron chi connectivity index (χ3n) is 4.49. The molecule has 0 fully saturated rings. The Bertz CT molecular complexity index is 870. The number of anilines is 1. The molecule has 5 nitrogen and oxygen atoms in total. The highest BCUT2D eigenvalue weighted by atomic mass is 35.5. The molecule has 2 aromatic rings. The number of fused-ring (bicyclic) bond motifs is 1. The second-order valence-corrected chi connectivity index (χ2v) is 7.44. The number of nitrogens with zero attached hydrogens (tertiary/aromatic N) is 1. The van der Waals surface area contributed by atoms with E-state index >= 15 is 0 Å². The summed E-state index contributed by atoms with van der Waals surface area (Å²) in [5.41, 5.74) is 3.56. The van der Waals surface area contributed by atoms with Gasteiger partial charge < -0.3 is 10.1 Å². The number of halogens is 2. The van der Waals surface area contributed by atoms with Gasteiger partial charge in [0.15, 0.2) is 11.9 Å². The van der Waals surface area contributed by atoms with Gasteiger partial charge >= 0.3 is 5.97 Å². The number of carbonyl (C=O) groups excluding carboxylic acids is 2. The van der Waals surface area contributed by atoms with Crippen LogP contribution in [0.25, 0.3) is 0 Å². The lowest BCUT2D eigenvalue weighted by Crippen LogP contribution is -2.30. The average Bonchev–Trinajstić information content (AvgIpc) is 2.63. The van der Waals surface area contributed by atoms with E-state index in [0.717, 1.165) is 18.4 Å². The Balaban J connectivity index is 1.56. The summed E-state index contributed by atoms with van der Waals surface area (Å²) in [7, 11) is 0. The van der Waals surface area contributed by atoms with E-state index in [0.29, 0.717) is 5.02 Å². The van der Waals surface area contributed by atoms with Crippen LogP contribution in [0.1, 0.15) is 36.5 Å². The first-order valence-electron chi connectivity index (χ1n) is 8.84. The van der Waals surface area contributed by atoms with E-state index in [9.17, 15) is 9.59 Å². The molecule has 0 aliphatic heterocycles. The van der Waals surface area contributed by atoms with Crippen molar-refractivity contribution in [3.05, 3.63) is 57.2 Å². The molecule has 0 bridgehead atoms. The maximum absolute atomic E-state index is 12.2. The van der Waals surface area contributed by atoms with Crippen LogP contribution in [0, 0.1) is 0 Å². The number of ether oxygens (including phenoxy) is 1. The number of benzene rings is 1. The van der Waals surface area contributed by atoms with E-state index in [1.165, 1.54) is 43.2 Å². The summed E-state index contributed by atoms with van der Waals surface area (Å²) in [6.07, 6.45) is 5.07. The van der Waals surface area contributed by atoms with Crippen LogP contribution in [0.3, 0.4) is 0 Å². The zero-order valence-electron chi connectivity index (χ0n) is 14.9. The molecule has 3 rings (SSSR count). The molecule has 1 aliphatic carbocycles. The van der Waals surface area contributed by atoms with Crippen molar-refractivity contribution in [2.75, 3.05) is 5.32 Å². The molecule has 1 N–H and O–H groups in total. The Morgan fingerprint density at radius 1 is 1.19 bits per heavy atom. The zero-order valence-corrected chi connectivity index (χ0v) is 16.4. The largest absolute Gasteiger partial charge is 0.452 e. The second kappa shape index (κ2) is 8.72. The summed E-state index contributed by atoms with van der Waals surface area (Å²) < 4.78 is 5.25. The van der Waals surface area contributed by atoms with Gasteiger partial charge in [-0.3, -0.25) is 9.59 Å². The Morgan fingerprint density at radius 2 is 1.93 bits per heavy atom. The van der Waals surface area contributed by atoms with Gasteiger partial charge in [-0.25, -0.2) is 4.98 Å². The molecule has 1 aliphatic rings. The second-order valence-electron chi connectivity index (χ2n) is 6.59. The Hall–Kier alpha value is -2.11. The number of aryl methyl sites for hydroxylation is 2. The summed E-state index contributed by atoms with van der Waals surface area (Å²) >= 11 is 11.8. The normalized spacial score (nSPS) is 14.2. The number of amides is 1. The minimum atomic E-state index is -0.969. The van der Waals surface area contributed by atoms with Crippen LogP contribution in [0.5, 0.6) is 0 Å². The highest BCUT2D eigenvalue weighted by molar-refractivity contribution is 6.36. The minimum Gasteiger partial charge on any atom is -0.452 e. The fraction of sp³-hybridized carbons (Fsp3) is 0.350. The Labute approximate surface area is 168 Å². The molecular formula is C20H20Cl2N2O3. The number of pyridine rings is 1. The van der Waals surface area contributed by atoms with Crippen LogP contribution < -0.4 is 5.32 Å². The van der Waals surface area contributed by atoms with Crippen LogP contribution in [-0.4, -0.2) is 23.0 Å². The Kier molecular flexibility index (Phi) is 6.34. The molecule has 1 atom stereocenters. The van der Waals surface area contributed by atoms with Gasteiger partial charge in [0.2, 0.25) is 0 Å². The fourth-order valence-corrected chi connectivity index (χ4v) is 3.51. The van der Waals surface area contributed by atoms with Crippen molar-refractivity contribution in [2.45, 2.75) is 45.1 Å². The maximum atomic E-state index is 12.2. The number of hydrogen-bond donors (Lipinski definition) is 1. The Morgan fingerprint density at radius 3 is 2.67 bits per heavy atom. The van der Waals surface area contributed by atoms with Crippen LogP contribution in [0.4, 0.5) is 5.82 Å². The molecule has 0 spiro atoms. The SMILES string of the molecule is C[C@@H](OC(=O)Cc1ccc2c(c1)CCCC2)C(=O)Nc1ncc(Cl)cc1Cl. The van der Waals surface area contributed by atoms with Crippen LogP contribution in [0.2, 0.25) is 10.0 Å². The van der Waals surface area contributed by atoms with E-state index < -0.39 is 18.0 Å². The van der Waals surface area contributed by atoms with Crippen molar-refractivity contribution < 1.29 is 14.3 Å². The molecule has 0 radical (unpaired) electrons. The van der Waals surface area contributed by atoms with Crippen molar-refractivity contribution in [2.24, 2.45) is 0 Å². The van der Waals surface area contributed by atoms with Gasteiger partial charge in [0.05, 0.1) is 16.5 Å². The summed E-state index contributed by atoms with van der Waals surface area (Å²) in [4.78, 5) is 28.4. The molecule has 0 saturated heterocycles. The van der Waals surface area contributed by atoms with E-state index in [4.69, 9.17) is 27.9 Å². The monoisotopic (exact) mass is 406 g/mol. The molecule has 7 heteroatoms. The minimum absolute atomic E-state index is 0.130. The van der Waals surface area contributed by atoms with Crippen molar-refractivity contribution in [3.8, 4) is 0 Å². The zero-order chi connectivity index (χ0) is 19.4. The van der Waals surface area contributed by atoms with Crippen molar-refractivity contribution in [1.29, 1.82) is 0 Å². The quantitative estimate of drug-likeness (QED) is 0.747. The first kappa shape index (κ1) is 19.6. The molecule has 142 valence electrons. The van der Waals surface area contributed by atoms with Gasteiger partial charge in [-0.2, -0.15) is 0 Å². The molecule has 1 aromatic carbocycles. The number of hydrogen-bond acceptors (Lipinski definition) is 4. The van der Waals surface area contributed by atoms with E-state index in [1.807, 2.05) is 6.07 Å². The average molecular weight is 407 g/mol. The molecule has 0 saturated carbocycles. The van der Waals surface area contributed by atoms with Crippen molar-refractivity contribution in [1.82, 2.24) is 4.98 Å². The van der Waals surface area contributed by atoms with E-state index in [1.54, 1.807) is 0 Å². The van der Waals surface area contributed by atoms with Crippen LogP contribution in [0.15, 0.2) is 30.5 Å². The molecule has 1 amide bonds. The molecular weight excluding hydrogens is 387 g/mol. The number of carbonyl (C=O) groups is 2. The summed E-state index contributed by atoms with van der Waals surface area (Å²) in [6.45, 7) is 1.50. The predicted octanol–water partition coefficient (Wildman–Crippen LogP) is 4.38. The lowest BCUT2D eigenvalue weighted by molar-refractivity contribution is -0.152. The van der Waals surface area contributed by atoms with Gasteiger partial charge in [-0.1, -0.05) is 41.4 Å². The smallest absolute Gasteiger partial charge is 0.311 e. The van der Waals surface area contributed by atoms with Gasteiger partial charge in [0.1, 0.15) is 0 Å². The number of esters is 1. The van der Waals surface area contributed by atoms with Gasteiger partial charge in [0, 0.05) is 6.20 Å². The van der Waals surface area contributed by atoms with E-state index in [-0.39, 0.29) is 17.3 Å². The number of nitrogens with one attached hydrogen (secondary N) is 1. The standard InChI is InChI=1S/C20H20Cl2N2O3/c1-12(20(26)24-19-17(22)10-16(21)11-23-19)27-18(25)9-13-6-7-14-4-2-3-5-15(14)8-13/h6-8,10-12H,2-5,9H2,1H3,(H,23,24,26)/t12-/m1/s1. The van der Waals surface area contributed by atoms with Crippen molar-refractivity contribution >= 4 is 40.9 Å². The first-order valence-corrected chi connectivity index (χ1v) is 9.60. The molecule has 1 aromatic heterocycles. The number of rotatable bonds is 5. The molecule has 1 heterocycles. The summed E-state index contributed by atoms with van der Waals surface area (Å²) in [5.74, 6) is -0.794. The predicted molar refractivity (Wildman–Crippen MR) is 105 cm³/mol. The van der Waals surface area contributed by atoms with Gasteiger partial charge in [0.25, 0.3) is 5.91 Å². The third-order valence-corrected chi connectivity index (χ3v) is 4.98. The van der Waals surface area contributed by atoms with Crippen molar-refractivity contribution in [3.63, 3.8) is 0 Å². The topological polar surface area (TPSA) is 68.3 Å². The van der Waals surface area contributed by atoms with Crippen LogP contribution in [-0.2, 0) is 33.6 Å². The van der Waals surface area contributed by atoms with Gasteiger partial charge in [-0.15, -0.1) is 0 Å². The van der Waals surface area contributed by atoms with Crippen LogP contribution >= 0.6 is 23.2 Å². The number of aromatic nitrogens is 1. The molecule has 0 unspecified atom stereocenters. The van der Waals surface area contributed by atoms with E-state index in [2.05, 4.69) is 22.4 Å². The third kappa shape index (κ3) is 5.21.